The Morgan fingerprint density at radius 2 is 1.84 bits per heavy atom. The summed E-state index contributed by atoms with van der Waals surface area (Å²) in [5.41, 5.74) is 1.28. The SMILES string of the molecule is COC(=O)c1ccc(OC(=O)C2CC2c2ccccc2Cl)c(OC)c1. The summed E-state index contributed by atoms with van der Waals surface area (Å²) < 4.78 is 15.3. The maximum absolute atomic E-state index is 12.4. The molecule has 2 unspecified atom stereocenters. The second-order valence-electron chi connectivity index (χ2n) is 5.75. The number of methoxy groups -OCH3 is 2. The van der Waals surface area contributed by atoms with Gasteiger partial charge in [-0.25, -0.2) is 4.79 Å². The van der Waals surface area contributed by atoms with Crippen LogP contribution in [0.1, 0.15) is 28.3 Å². The summed E-state index contributed by atoms with van der Waals surface area (Å²) in [5.74, 6) is -0.422. The highest BCUT2D eigenvalue weighted by Crippen LogP contribution is 2.50. The van der Waals surface area contributed by atoms with E-state index in [1.165, 1.54) is 32.4 Å². The van der Waals surface area contributed by atoms with Gasteiger partial charge in [0.25, 0.3) is 0 Å². The first-order chi connectivity index (χ1) is 12.0. The maximum atomic E-state index is 12.4. The van der Waals surface area contributed by atoms with E-state index in [1.807, 2.05) is 24.3 Å². The normalized spacial score (nSPS) is 18.4. The van der Waals surface area contributed by atoms with Crippen molar-refractivity contribution in [2.75, 3.05) is 14.2 Å². The average Bonchev–Trinajstić information content (AvgIpc) is 3.42. The molecule has 6 heteroatoms. The highest BCUT2D eigenvalue weighted by Gasteiger charge is 2.46. The number of carbonyl (C=O) groups excluding carboxylic acids is 2. The van der Waals surface area contributed by atoms with Gasteiger partial charge in [-0.15, -0.1) is 0 Å². The van der Waals surface area contributed by atoms with Gasteiger partial charge in [0.2, 0.25) is 0 Å². The Bertz CT molecular complexity index is 817. The second kappa shape index (κ2) is 7.15. The lowest BCUT2D eigenvalue weighted by atomic mass is 10.1. The third-order valence-electron chi connectivity index (χ3n) is 4.19. The Morgan fingerprint density at radius 1 is 1.08 bits per heavy atom. The standard InChI is InChI=1S/C19H17ClO5/c1-23-17-9-11(18(21)24-2)7-8-16(17)25-19(22)14-10-13(14)12-5-3-4-6-15(12)20/h3-9,13-14H,10H2,1-2H3. The Labute approximate surface area is 150 Å². The molecule has 0 radical (unpaired) electrons. The zero-order valence-electron chi connectivity index (χ0n) is 13.8. The number of carbonyl (C=O) groups is 2. The van der Waals surface area contributed by atoms with Crippen LogP contribution in [0.2, 0.25) is 5.02 Å². The molecule has 0 amide bonds. The average molecular weight is 361 g/mol. The molecule has 3 rings (SSSR count). The molecule has 0 aromatic heterocycles. The topological polar surface area (TPSA) is 61.8 Å². The molecule has 130 valence electrons. The van der Waals surface area contributed by atoms with Crippen molar-refractivity contribution in [3.05, 3.63) is 58.6 Å². The van der Waals surface area contributed by atoms with Crippen LogP contribution in [0.4, 0.5) is 0 Å². The molecule has 1 aliphatic rings. The molecule has 25 heavy (non-hydrogen) atoms. The minimum Gasteiger partial charge on any atom is -0.493 e. The minimum atomic E-state index is -0.489. The molecule has 0 aliphatic heterocycles. The molecule has 0 bridgehead atoms. The summed E-state index contributed by atoms with van der Waals surface area (Å²) in [4.78, 5) is 24.0. The summed E-state index contributed by atoms with van der Waals surface area (Å²) in [7, 11) is 2.74. The molecule has 2 aromatic rings. The van der Waals surface area contributed by atoms with Gasteiger partial charge in [-0.2, -0.15) is 0 Å². The van der Waals surface area contributed by atoms with Crippen LogP contribution in [0.25, 0.3) is 0 Å². The summed E-state index contributed by atoms with van der Waals surface area (Å²) >= 11 is 6.18. The van der Waals surface area contributed by atoms with Crippen molar-refractivity contribution in [2.24, 2.45) is 5.92 Å². The summed E-state index contributed by atoms with van der Waals surface area (Å²) in [5, 5.41) is 0.655. The highest BCUT2D eigenvalue weighted by atomic mass is 35.5. The monoisotopic (exact) mass is 360 g/mol. The van der Waals surface area contributed by atoms with Crippen molar-refractivity contribution in [3.63, 3.8) is 0 Å². The number of halogens is 1. The van der Waals surface area contributed by atoms with Gasteiger partial charge in [0.15, 0.2) is 11.5 Å². The van der Waals surface area contributed by atoms with E-state index in [2.05, 4.69) is 4.74 Å². The molecule has 5 nitrogen and oxygen atoms in total. The van der Waals surface area contributed by atoms with E-state index in [0.29, 0.717) is 22.8 Å². The summed E-state index contributed by atoms with van der Waals surface area (Å²) in [6.45, 7) is 0. The van der Waals surface area contributed by atoms with Crippen LogP contribution >= 0.6 is 11.6 Å². The molecule has 2 atom stereocenters. The highest BCUT2D eigenvalue weighted by molar-refractivity contribution is 6.31. The lowest BCUT2D eigenvalue weighted by Gasteiger charge is -2.10. The van der Waals surface area contributed by atoms with Gasteiger partial charge in [0, 0.05) is 5.02 Å². The van der Waals surface area contributed by atoms with Gasteiger partial charge in [-0.3, -0.25) is 4.79 Å². The molecule has 1 saturated carbocycles. The lowest BCUT2D eigenvalue weighted by Crippen LogP contribution is -2.12. The van der Waals surface area contributed by atoms with Crippen LogP contribution in [0.15, 0.2) is 42.5 Å². The third kappa shape index (κ3) is 3.61. The number of rotatable bonds is 5. The van der Waals surface area contributed by atoms with Crippen LogP contribution in [-0.4, -0.2) is 26.2 Å². The van der Waals surface area contributed by atoms with Gasteiger partial charge in [-0.1, -0.05) is 29.8 Å². The fraction of sp³-hybridized carbons (Fsp3) is 0.263. The van der Waals surface area contributed by atoms with Crippen LogP contribution < -0.4 is 9.47 Å². The van der Waals surface area contributed by atoms with Gasteiger partial charge in [0.1, 0.15) is 0 Å². The molecule has 0 heterocycles. The number of ether oxygens (including phenoxy) is 3. The van der Waals surface area contributed by atoms with Gasteiger partial charge in [-0.05, 0) is 42.2 Å². The van der Waals surface area contributed by atoms with Crippen molar-refractivity contribution < 1.29 is 23.8 Å². The Morgan fingerprint density at radius 3 is 2.52 bits per heavy atom. The summed E-state index contributed by atoms with van der Waals surface area (Å²) in [6.07, 6.45) is 0.700. The molecule has 1 aliphatic carbocycles. The Balaban J connectivity index is 1.72. The second-order valence-corrected chi connectivity index (χ2v) is 6.16. The number of hydrogen-bond acceptors (Lipinski definition) is 5. The van der Waals surface area contributed by atoms with Crippen molar-refractivity contribution in [1.29, 1.82) is 0 Å². The molecular weight excluding hydrogens is 344 g/mol. The van der Waals surface area contributed by atoms with Crippen molar-refractivity contribution >= 4 is 23.5 Å². The number of hydrogen-bond donors (Lipinski definition) is 0. The largest absolute Gasteiger partial charge is 0.493 e. The van der Waals surface area contributed by atoms with Crippen LogP contribution in [-0.2, 0) is 9.53 Å². The van der Waals surface area contributed by atoms with Gasteiger partial charge >= 0.3 is 11.9 Å². The van der Waals surface area contributed by atoms with Crippen molar-refractivity contribution in [3.8, 4) is 11.5 Å². The Hall–Kier alpha value is -2.53. The van der Waals surface area contributed by atoms with E-state index in [9.17, 15) is 9.59 Å². The Kier molecular flexibility index (Phi) is 4.95. The third-order valence-corrected chi connectivity index (χ3v) is 4.54. The van der Waals surface area contributed by atoms with Crippen molar-refractivity contribution in [1.82, 2.24) is 0 Å². The predicted octanol–water partition coefficient (Wildman–Crippen LogP) is 3.84. The first-order valence-corrected chi connectivity index (χ1v) is 8.15. The first-order valence-electron chi connectivity index (χ1n) is 7.77. The van der Waals surface area contributed by atoms with E-state index in [0.717, 1.165) is 5.56 Å². The quantitative estimate of drug-likeness (QED) is 0.598. The zero-order chi connectivity index (χ0) is 18.0. The molecule has 1 fully saturated rings. The number of esters is 2. The molecule has 0 spiro atoms. The first kappa shape index (κ1) is 17.3. The number of benzene rings is 2. The van der Waals surface area contributed by atoms with Crippen LogP contribution in [0.3, 0.4) is 0 Å². The molecule has 2 aromatic carbocycles. The van der Waals surface area contributed by atoms with E-state index < -0.39 is 5.97 Å². The minimum absolute atomic E-state index is 0.0709. The van der Waals surface area contributed by atoms with E-state index in [4.69, 9.17) is 21.1 Å². The van der Waals surface area contributed by atoms with E-state index >= 15 is 0 Å². The van der Waals surface area contributed by atoms with E-state index in [-0.39, 0.29) is 23.6 Å². The lowest BCUT2D eigenvalue weighted by molar-refractivity contribution is -0.136. The predicted molar refractivity (Wildman–Crippen MR) is 92.3 cm³/mol. The van der Waals surface area contributed by atoms with E-state index in [1.54, 1.807) is 0 Å². The van der Waals surface area contributed by atoms with Crippen LogP contribution in [0, 0.1) is 5.92 Å². The molecule has 0 N–H and O–H groups in total. The molecular formula is C19H17ClO5. The fourth-order valence-electron chi connectivity index (χ4n) is 2.76. The summed E-state index contributed by atoms with van der Waals surface area (Å²) in [6, 6.07) is 12.0. The van der Waals surface area contributed by atoms with Gasteiger partial charge < -0.3 is 14.2 Å². The maximum Gasteiger partial charge on any atom is 0.337 e. The van der Waals surface area contributed by atoms with Crippen LogP contribution in [0.5, 0.6) is 11.5 Å². The fourth-order valence-corrected chi connectivity index (χ4v) is 3.03. The zero-order valence-corrected chi connectivity index (χ0v) is 14.6. The van der Waals surface area contributed by atoms with Gasteiger partial charge in [0.05, 0.1) is 25.7 Å². The van der Waals surface area contributed by atoms with Crippen molar-refractivity contribution in [2.45, 2.75) is 12.3 Å². The smallest absolute Gasteiger partial charge is 0.337 e. The molecule has 0 saturated heterocycles.